The Labute approximate surface area is 147 Å². The first kappa shape index (κ1) is 16.8. The number of morpholine rings is 1. The number of amides is 1. The molecule has 0 aliphatic carbocycles. The first-order valence-electron chi connectivity index (χ1n) is 7.10. The van der Waals surface area contributed by atoms with Gasteiger partial charge in [0.15, 0.2) is 11.8 Å². The molecule has 2 heterocycles. The molecule has 2 aromatic rings. The van der Waals surface area contributed by atoms with E-state index in [2.05, 4.69) is 5.10 Å². The van der Waals surface area contributed by atoms with Crippen LogP contribution >= 0.6 is 23.2 Å². The summed E-state index contributed by atoms with van der Waals surface area (Å²) in [6, 6.07) is 6.57. The van der Waals surface area contributed by atoms with E-state index in [0.29, 0.717) is 22.3 Å². The van der Waals surface area contributed by atoms with Gasteiger partial charge in [-0.15, -0.1) is 0 Å². The fourth-order valence-corrected chi connectivity index (χ4v) is 2.65. The molecule has 126 valence electrons. The van der Waals surface area contributed by atoms with Crippen molar-refractivity contribution in [3.05, 3.63) is 46.2 Å². The number of rotatable bonds is 3. The molecule has 3 rings (SSSR count). The first-order valence-corrected chi connectivity index (χ1v) is 7.86. The van der Waals surface area contributed by atoms with Crippen molar-refractivity contribution in [3.8, 4) is 5.69 Å². The summed E-state index contributed by atoms with van der Waals surface area (Å²) in [4.78, 5) is 24.9. The van der Waals surface area contributed by atoms with Gasteiger partial charge >= 0.3 is 5.97 Å². The molecule has 0 bridgehead atoms. The molecule has 1 aliphatic heterocycles. The Kier molecular flexibility index (Phi) is 4.75. The summed E-state index contributed by atoms with van der Waals surface area (Å²) in [5, 5.41) is 14.0. The van der Waals surface area contributed by atoms with Gasteiger partial charge in [-0.05, 0) is 24.3 Å². The Morgan fingerprint density at radius 3 is 2.75 bits per heavy atom. The highest BCUT2D eigenvalue weighted by atomic mass is 35.5. The summed E-state index contributed by atoms with van der Waals surface area (Å²) >= 11 is 11.9. The third-order valence-corrected chi connectivity index (χ3v) is 4.34. The van der Waals surface area contributed by atoms with Gasteiger partial charge in [0.25, 0.3) is 5.91 Å². The molecular weight excluding hydrogens is 357 g/mol. The third kappa shape index (κ3) is 3.38. The van der Waals surface area contributed by atoms with Crippen molar-refractivity contribution in [3.63, 3.8) is 0 Å². The number of hydrogen-bond donors (Lipinski definition) is 1. The highest BCUT2D eigenvalue weighted by molar-refractivity contribution is 6.42. The predicted octanol–water partition coefficient (Wildman–Crippen LogP) is 2.10. The highest BCUT2D eigenvalue weighted by Crippen LogP contribution is 2.24. The van der Waals surface area contributed by atoms with Crippen molar-refractivity contribution >= 4 is 35.1 Å². The Morgan fingerprint density at radius 1 is 1.25 bits per heavy atom. The van der Waals surface area contributed by atoms with Crippen LogP contribution in [-0.4, -0.2) is 57.5 Å². The Balaban J connectivity index is 1.78. The second-order valence-corrected chi connectivity index (χ2v) is 6.01. The molecule has 1 aromatic heterocycles. The molecule has 0 saturated carbocycles. The average molecular weight is 370 g/mol. The maximum absolute atomic E-state index is 12.5. The summed E-state index contributed by atoms with van der Waals surface area (Å²) in [5.41, 5.74) is 0.876. The van der Waals surface area contributed by atoms with E-state index in [1.807, 2.05) is 0 Å². The van der Waals surface area contributed by atoms with Crippen molar-refractivity contribution in [1.29, 1.82) is 0 Å². The SMILES string of the molecule is O=C(O)C1CN(C(=O)c2ccn(-c3ccc(Cl)c(Cl)c3)n2)CCO1. The van der Waals surface area contributed by atoms with Gasteiger partial charge in [-0.2, -0.15) is 5.10 Å². The molecular formula is C15H13Cl2N3O4. The van der Waals surface area contributed by atoms with Gasteiger partial charge in [0.2, 0.25) is 0 Å². The summed E-state index contributed by atoms with van der Waals surface area (Å²) in [5.74, 6) is -1.43. The predicted molar refractivity (Wildman–Crippen MR) is 86.9 cm³/mol. The molecule has 7 nitrogen and oxygen atoms in total. The average Bonchev–Trinajstić information content (AvgIpc) is 3.06. The smallest absolute Gasteiger partial charge is 0.334 e. The molecule has 0 radical (unpaired) electrons. The number of halogens is 2. The number of benzene rings is 1. The number of aliphatic carboxylic acids is 1. The van der Waals surface area contributed by atoms with Gasteiger partial charge in [0, 0.05) is 12.7 Å². The molecule has 1 aliphatic rings. The summed E-state index contributed by atoms with van der Waals surface area (Å²) in [6.07, 6.45) is 0.613. The van der Waals surface area contributed by atoms with E-state index in [-0.39, 0.29) is 24.8 Å². The van der Waals surface area contributed by atoms with E-state index >= 15 is 0 Å². The molecule has 1 N–H and O–H groups in total. The van der Waals surface area contributed by atoms with Crippen molar-refractivity contribution in [2.45, 2.75) is 6.10 Å². The number of aromatic nitrogens is 2. The minimum absolute atomic E-state index is 0.00615. The second-order valence-electron chi connectivity index (χ2n) is 5.19. The van der Waals surface area contributed by atoms with Crippen LogP contribution in [0, 0.1) is 0 Å². The molecule has 1 atom stereocenters. The van der Waals surface area contributed by atoms with Crippen molar-refractivity contribution < 1.29 is 19.4 Å². The number of carbonyl (C=O) groups is 2. The highest BCUT2D eigenvalue weighted by Gasteiger charge is 2.30. The van der Waals surface area contributed by atoms with Crippen LogP contribution in [0.1, 0.15) is 10.5 Å². The van der Waals surface area contributed by atoms with E-state index in [4.69, 9.17) is 33.0 Å². The maximum atomic E-state index is 12.5. The summed E-state index contributed by atoms with van der Waals surface area (Å²) in [6.45, 7) is 0.492. The zero-order valence-corrected chi connectivity index (χ0v) is 13.9. The molecule has 1 saturated heterocycles. The van der Waals surface area contributed by atoms with Crippen LogP contribution in [-0.2, 0) is 9.53 Å². The molecule has 1 amide bonds. The van der Waals surface area contributed by atoms with Crippen LogP contribution in [0.4, 0.5) is 0 Å². The number of carboxylic acid groups (broad SMARTS) is 1. The molecule has 0 spiro atoms. The number of carboxylic acids is 1. The van der Waals surface area contributed by atoms with E-state index in [1.165, 1.54) is 9.58 Å². The first-order chi connectivity index (χ1) is 11.5. The van der Waals surface area contributed by atoms with Crippen LogP contribution in [0.5, 0.6) is 0 Å². The normalized spacial score (nSPS) is 17.8. The van der Waals surface area contributed by atoms with Crippen LogP contribution in [0.3, 0.4) is 0 Å². The Hall–Kier alpha value is -2.09. The standard InChI is InChI=1S/C15H13Cl2N3O4/c16-10-2-1-9(7-11(10)17)20-4-3-12(18-20)14(21)19-5-6-24-13(8-19)15(22)23/h1-4,7,13H,5-6,8H2,(H,22,23). The minimum atomic E-state index is -1.09. The lowest BCUT2D eigenvalue weighted by Crippen LogP contribution is -2.48. The minimum Gasteiger partial charge on any atom is -0.479 e. The molecule has 1 fully saturated rings. The maximum Gasteiger partial charge on any atom is 0.334 e. The van der Waals surface area contributed by atoms with Gasteiger partial charge in [0.05, 0.1) is 28.9 Å². The lowest BCUT2D eigenvalue weighted by atomic mass is 10.2. The van der Waals surface area contributed by atoms with Gasteiger partial charge in [0.1, 0.15) is 0 Å². The third-order valence-electron chi connectivity index (χ3n) is 3.61. The molecule has 24 heavy (non-hydrogen) atoms. The molecule has 9 heteroatoms. The molecule has 1 aromatic carbocycles. The monoisotopic (exact) mass is 369 g/mol. The lowest BCUT2D eigenvalue weighted by molar-refractivity contribution is -0.154. The zero-order chi connectivity index (χ0) is 17.3. The van der Waals surface area contributed by atoms with Gasteiger partial charge in [-0.25, -0.2) is 9.48 Å². The Morgan fingerprint density at radius 2 is 2.04 bits per heavy atom. The van der Waals surface area contributed by atoms with Crippen molar-refractivity contribution in [1.82, 2.24) is 14.7 Å². The van der Waals surface area contributed by atoms with Crippen molar-refractivity contribution in [2.75, 3.05) is 19.7 Å². The van der Waals surface area contributed by atoms with Crippen molar-refractivity contribution in [2.24, 2.45) is 0 Å². The summed E-state index contributed by atoms with van der Waals surface area (Å²) < 4.78 is 6.61. The Bertz CT molecular complexity index is 793. The number of carbonyl (C=O) groups excluding carboxylic acids is 1. The quantitative estimate of drug-likeness (QED) is 0.895. The topological polar surface area (TPSA) is 84.7 Å². The van der Waals surface area contributed by atoms with E-state index in [1.54, 1.807) is 30.5 Å². The van der Waals surface area contributed by atoms with Gasteiger partial charge in [-0.3, -0.25) is 4.79 Å². The van der Waals surface area contributed by atoms with E-state index in [0.717, 1.165) is 0 Å². The number of nitrogens with zero attached hydrogens (tertiary/aromatic N) is 3. The van der Waals surface area contributed by atoms with Gasteiger partial charge < -0.3 is 14.7 Å². The van der Waals surface area contributed by atoms with Gasteiger partial charge in [-0.1, -0.05) is 23.2 Å². The molecule has 1 unspecified atom stereocenters. The second kappa shape index (κ2) is 6.80. The zero-order valence-electron chi connectivity index (χ0n) is 12.4. The largest absolute Gasteiger partial charge is 0.479 e. The van der Waals surface area contributed by atoms with E-state index < -0.39 is 12.1 Å². The number of hydrogen-bond acceptors (Lipinski definition) is 4. The van der Waals surface area contributed by atoms with Crippen LogP contribution in [0.2, 0.25) is 10.0 Å². The lowest BCUT2D eigenvalue weighted by Gasteiger charge is -2.30. The van der Waals surface area contributed by atoms with Crippen LogP contribution in [0.15, 0.2) is 30.5 Å². The van der Waals surface area contributed by atoms with E-state index in [9.17, 15) is 9.59 Å². The fraction of sp³-hybridized carbons (Fsp3) is 0.267. The van der Waals surface area contributed by atoms with Crippen LogP contribution < -0.4 is 0 Å². The fourth-order valence-electron chi connectivity index (χ4n) is 2.35. The summed E-state index contributed by atoms with van der Waals surface area (Å²) in [7, 11) is 0. The number of ether oxygens (including phenoxy) is 1. The van der Waals surface area contributed by atoms with Crippen LogP contribution in [0.25, 0.3) is 5.69 Å².